The molecule has 2 rings (SSSR count). The first-order valence-electron chi connectivity index (χ1n) is 5.27. The van der Waals surface area contributed by atoms with E-state index in [1.165, 1.54) is 5.56 Å². The minimum atomic E-state index is 0.820. The number of anilines is 1. The number of rotatable bonds is 4. The van der Waals surface area contributed by atoms with Gasteiger partial charge in [0, 0.05) is 17.3 Å². The van der Waals surface area contributed by atoms with E-state index in [0.717, 1.165) is 29.2 Å². The van der Waals surface area contributed by atoms with Crippen LogP contribution in [0.4, 0.5) is 5.69 Å². The molecule has 0 fully saturated rings. The minimum Gasteiger partial charge on any atom is -0.384 e. The van der Waals surface area contributed by atoms with Crippen LogP contribution in [0, 0.1) is 6.92 Å². The first-order chi connectivity index (χ1) is 7.77. The van der Waals surface area contributed by atoms with Crippen molar-refractivity contribution in [3.63, 3.8) is 0 Å². The van der Waals surface area contributed by atoms with Crippen molar-refractivity contribution in [2.75, 3.05) is 11.9 Å². The Hall–Kier alpha value is -0.990. The molecule has 0 amide bonds. The molecular weight excluding hydrogens is 238 g/mol. The van der Waals surface area contributed by atoms with E-state index in [4.69, 9.17) is 11.6 Å². The highest BCUT2D eigenvalue weighted by molar-refractivity contribution is 7.07. The summed E-state index contributed by atoms with van der Waals surface area (Å²) in [7, 11) is 0. The molecule has 0 saturated carbocycles. The second-order valence-corrected chi connectivity index (χ2v) is 4.91. The molecule has 2 aromatic rings. The fraction of sp³-hybridized carbons (Fsp3) is 0.231. The van der Waals surface area contributed by atoms with Gasteiger partial charge in [0.2, 0.25) is 0 Å². The summed E-state index contributed by atoms with van der Waals surface area (Å²) in [6.45, 7) is 2.98. The highest BCUT2D eigenvalue weighted by Crippen LogP contribution is 2.22. The molecule has 1 N–H and O–H groups in total. The summed E-state index contributed by atoms with van der Waals surface area (Å²) in [5, 5.41) is 8.53. The van der Waals surface area contributed by atoms with Gasteiger partial charge < -0.3 is 5.32 Å². The molecule has 1 heterocycles. The Morgan fingerprint density at radius 1 is 1.31 bits per heavy atom. The third-order valence-electron chi connectivity index (χ3n) is 2.58. The van der Waals surface area contributed by atoms with Crippen LogP contribution in [0.15, 0.2) is 35.0 Å². The van der Waals surface area contributed by atoms with E-state index in [2.05, 4.69) is 28.2 Å². The molecule has 1 nitrogen and oxygen atoms in total. The van der Waals surface area contributed by atoms with Gasteiger partial charge in [-0.05, 0) is 53.4 Å². The van der Waals surface area contributed by atoms with E-state index in [1.807, 2.05) is 19.1 Å². The van der Waals surface area contributed by atoms with Crippen molar-refractivity contribution in [2.24, 2.45) is 0 Å². The number of hydrogen-bond donors (Lipinski definition) is 1. The molecule has 0 unspecified atom stereocenters. The van der Waals surface area contributed by atoms with Crippen molar-refractivity contribution >= 4 is 28.6 Å². The van der Waals surface area contributed by atoms with Gasteiger partial charge in [-0.3, -0.25) is 0 Å². The number of thiophene rings is 1. The van der Waals surface area contributed by atoms with Gasteiger partial charge in [-0.2, -0.15) is 11.3 Å². The van der Waals surface area contributed by atoms with Gasteiger partial charge in [0.25, 0.3) is 0 Å². The van der Waals surface area contributed by atoms with Crippen molar-refractivity contribution in [1.82, 2.24) is 0 Å². The summed E-state index contributed by atoms with van der Waals surface area (Å²) in [6.07, 6.45) is 1.05. The second-order valence-electron chi connectivity index (χ2n) is 3.72. The van der Waals surface area contributed by atoms with Gasteiger partial charge in [-0.15, -0.1) is 0 Å². The molecule has 1 aromatic carbocycles. The van der Waals surface area contributed by atoms with Crippen LogP contribution in [0.25, 0.3) is 0 Å². The highest BCUT2D eigenvalue weighted by atomic mass is 35.5. The fourth-order valence-corrected chi connectivity index (χ4v) is 2.45. The summed E-state index contributed by atoms with van der Waals surface area (Å²) in [5.41, 5.74) is 3.63. The quantitative estimate of drug-likeness (QED) is 0.851. The summed E-state index contributed by atoms with van der Waals surface area (Å²) in [5.74, 6) is 0. The lowest BCUT2D eigenvalue weighted by Gasteiger charge is -2.09. The molecule has 16 heavy (non-hydrogen) atoms. The van der Waals surface area contributed by atoms with Crippen LogP contribution in [0.3, 0.4) is 0 Å². The largest absolute Gasteiger partial charge is 0.384 e. The van der Waals surface area contributed by atoms with Gasteiger partial charge in [-0.25, -0.2) is 0 Å². The summed E-state index contributed by atoms with van der Waals surface area (Å²) >= 11 is 7.80. The normalized spacial score (nSPS) is 10.4. The summed E-state index contributed by atoms with van der Waals surface area (Å²) < 4.78 is 0. The standard InChI is InChI=1S/C13H14ClNS/c1-10-12(14)3-2-4-13(10)15-7-5-11-6-8-16-9-11/h2-4,6,8-9,15H,5,7H2,1H3. The Labute approximate surface area is 105 Å². The van der Waals surface area contributed by atoms with E-state index >= 15 is 0 Å². The van der Waals surface area contributed by atoms with Gasteiger partial charge >= 0.3 is 0 Å². The molecule has 84 valence electrons. The van der Waals surface area contributed by atoms with Crippen LogP contribution in [0.1, 0.15) is 11.1 Å². The first kappa shape index (κ1) is 11.5. The number of benzene rings is 1. The van der Waals surface area contributed by atoms with Crippen molar-refractivity contribution in [3.05, 3.63) is 51.2 Å². The van der Waals surface area contributed by atoms with Crippen molar-refractivity contribution in [3.8, 4) is 0 Å². The lowest BCUT2D eigenvalue weighted by atomic mass is 10.2. The average Bonchev–Trinajstić information content (AvgIpc) is 2.77. The Balaban J connectivity index is 1.92. The lowest BCUT2D eigenvalue weighted by Crippen LogP contribution is -2.05. The van der Waals surface area contributed by atoms with Crippen LogP contribution >= 0.6 is 22.9 Å². The van der Waals surface area contributed by atoms with Crippen LogP contribution < -0.4 is 5.32 Å². The smallest absolute Gasteiger partial charge is 0.0455 e. The molecule has 0 spiro atoms. The third-order valence-corrected chi connectivity index (χ3v) is 3.72. The molecular formula is C13H14ClNS. The molecule has 0 aliphatic heterocycles. The first-order valence-corrected chi connectivity index (χ1v) is 6.59. The molecule has 0 aliphatic rings. The van der Waals surface area contributed by atoms with E-state index < -0.39 is 0 Å². The van der Waals surface area contributed by atoms with Gasteiger partial charge in [0.05, 0.1) is 0 Å². The predicted molar refractivity (Wildman–Crippen MR) is 72.7 cm³/mol. The zero-order chi connectivity index (χ0) is 11.4. The van der Waals surface area contributed by atoms with E-state index in [9.17, 15) is 0 Å². The molecule has 0 radical (unpaired) electrons. The topological polar surface area (TPSA) is 12.0 Å². The maximum atomic E-state index is 6.05. The van der Waals surface area contributed by atoms with Crippen LogP contribution in [-0.2, 0) is 6.42 Å². The van der Waals surface area contributed by atoms with Crippen molar-refractivity contribution < 1.29 is 0 Å². The Morgan fingerprint density at radius 2 is 2.19 bits per heavy atom. The average molecular weight is 252 g/mol. The zero-order valence-corrected chi connectivity index (χ0v) is 10.7. The minimum absolute atomic E-state index is 0.820. The monoisotopic (exact) mass is 251 g/mol. The van der Waals surface area contributed by atoms with Crippen molar-refractivity contribution in [2.45, 2.75) is 13.3 Å². The van der Waals surface area contributed by atoms with Crippen LogP contribution in [0.2, 0.25) is 5.02 Å². The number of nitrogens with one attached hydrogen (secondary N) is 1. The Kier molecular flexibility index (Phi) is 3.86. The van der Waals surface area contributed by atoms with Crippen LogP contribution in [-0.4, -0.2) is 6.54 Å². The molecule has 0 aliphatic carbocycles. The SMILES string of the molecule is Cc1c(Cl)cccc1NCCc1ccsc1. The maximum absolute atomic E-state index is 6.05. The van der Waals surface area contributed by atoms with Gasteiger partial charge in [-0.1, -0.05) is 17.7 Å². The van der Waals surface area contributed by atoms with Crippen LogP contribution in [0.5, 0.6) is 0 Å². The lowest BCUT2D eigenvalue weighted by molar-refractivity contribution is 1.02. The summed E-state index contributed by atoms with van der Waals surface area (Å²) in [6, 6.07) is 8.12. The Bertz CT molecular complexity index is 451. The van der Waals surface area contributed by atoms with E-state index in [-0.39, 0.29) is 0 Å². The molecule has 0 saturated heterocycles. The predicted octanol–water partition coefficient (Wildman–Crippen LogP) is 4.36. The van der Waals surface area contributed by atoms with E-state index in [0.29, 0.717) is 0 Å². The molecule has 3 heteroatoms. The number of halogens is 1. The number of hydrogen-bond acceptors (Lipinski definition) is 2. The molecule has 0 atom stereocenters. The van der Waals surface area contributed by atoms with Gasteiger partial charge in [0.15, 0.2) is 0 Å². The fourth-order valence-electron chi connectivity index (χ4n) is 1.58. The molecule has 1 aromatic heterocycles. The maximum Gasteiger partial charge on any atom is 0.0455 e. The summed E-state index contributed by atoms with van der Waals surface area (Å²) in [4.78, 5) is 0. The van der Waals surface area contributed by atoms with E-state index in [1.54, 1.807) is 11.3 Å². The second kappa shape index (κ2) is 5.37. The zero-order valence-electron chi connectivity index (χ0n) is 9.16. The van der Waals surface area contributed by atoms with Crippen molar-refractivity contribution in [1.29, 1.82) is 0 Å². The Morgan fingerprint density at radius 3 is 2.94 bits per heavy atom. The highest BCUT2D eigenvalue weighted by Gasteiger charge is 2.01. The molecule has 0 bridgehead atoms. The third kappa shape index (κ3) is 2.77. The van der Waals surface area contributed by atoms with Gasteiger partial charge in [0.1, 0.15) is 0 Å².